The molecule has 1 heterocycles. The lowest BCUT2D eigenvalue weighted by molar-refractivity contribution is 0.0479. The maximum Gasteiger partial charge on any atom is 0.407 e. The predicted molar refractivity (Wildman–Crippen MR) is 127 cm³/mol. The van der Waals surface area contributed by atoms with Crippen LogP contribution < -0.4 is 10.1 Å². The van der Waals surface area contributed by atoms with Crippen molar-refractivity contribution < 1.29 is 14.3 Å². The van der Waals surface area contributed by atoms with Gasteiger partial charge in [0.25, 0.3) is 0 Å². The summed E-state index contributed by atoms with van der Waals surface area (Å²) < 4.78 is 12.3. The zero-order valence-electron chi connectivity index (χ0n) is 18.7. The Hall–Kier alpha value is -2.05. The summed E-state index contributed by atoms with van der Waals surface area (Å²) in [5.74, 6) is 0.863. The van der Waals surface area contributed by atoms with Gasteiger partial charge in [-0.1, -0.05) is 36.4 Å². The van der Waals surface area contributed by atoms with E-state index in [4.69, 9.17) is 9.47 Å². The van der Waals surface area contributed by atoms with E-state index in [9.17, 15) is 4.79 Å². The Morgan fingerprint density at radius 2 is 1.81 bits per heavy atom. The van der Waals surface area contributed by atoms with Crippen molar-refractivity contribution in [1.82, 2.24) is 10.2 Å². The normalized spacial score (nSPS) is 15.5. The van der Waals surface area contributed by atoms with Gasteiger partial charge in [0.15, 0.2) is 0 Å². The second kappa shape index (κ2) is 11.0. The highest BCUT2D eigenvalue weighted by Gasteiger charge is 2.23. The van der Waals surface area contributed by atoms with Crippen molar-refractivity contribution in [2.75, 3.05) is 19.6 Å². The third-order valence-corrected chi connectivity index (χ3v) is 5.88. The molecule has 2 aromatic carbocycles. The van der Waals surface area contributed by atoms with Gasteiger partial charge < -0.3 is 19.7 Å². The predicted octanol–water partition coefficient (Wildman–Crippen LogP) is 5.56. The number of carbonyl (C=O) groups is 1. The van der Waals surface area contributed by atoms with Gasteiger partial charge in [-0.25, -0.2) is 4.79 Å². The number of alkyl carbamates (subject to hydrolysis) is 1. The van der Waals surface area contributed by atoms with Gasteiger partial charge in [-0.05, 0) is 79.2 Å². The number of hydrogen-bond donors (Lipinski definition) is 1. The van der Waals surface area contributed by atoms with Crippen LogP contribution in [0.1, 0.15) is 44.7 Å². The molecular formula is C25H33BrN2O3. The molecule has 168 valence electrons. The Bertz CT molecular complexity index is 844. The molecule has 1 aliphatic rings. The Morgan fingerprint density at radius 1 is 1.10 bits per heavy atom. The fourth-order valence-corrected chi connectivity index (χ4v) is 4.16. The number of hydrogen-bond acceptors (Lipinski definition) is 4. The topological polar surface area (TPSA) is 50.8 Å². The van der Waals surface area contributed by atoms with Crippen LogP contribution in [0.5, 0.6) is 5.75 Å². The molecule has 6 heteroatoms. The molecule has 5 nitrogen and oxygen atoms in total. The first kappa shape index (κ1) is 23.6. The van der Waals surface area contributed by atoms with Gasteiger partial charge in [0.05, 0.1) is 4.47 Å². The molecule has 2 aromatic rings. The van der Waals surface area contributed by atoms with Crippen molar-refractivity contribution in [3.05, 3.63) is 64.1 Å². The first-order valence-electron chi connectivity index (χ1n) is 11.0. The summed E-state index contributed by atoms with van der Waals surface area (Å²) in [6, 6.07) is 16.7. The lowest BCUT2D eigenvalue weighted by Gasteiger charge is -2.32. The first-order valence-corrected chi connectivity index (χ1v) is 11.7. The molecule has 0 aromatic heterocycles. The van der Waals surface area contributed by atoms with Crippen LogP contribution in [0, 0.1) is 0 Å². The highest BCUT2D eigenvalue weighted by molar-refractivity contribution is 9.10. The molecule has 0 unspecified atom stereocenters. The minimum Gasteiger partial charge on any atom is -0.488 e. The van der Waals surface area contributed by atoms with Gasteiger partial charge in [0, 0.05) is 25.7 Å². The standard InChI is InChI=1S/C25H33BrN2O3/c1-25(2,3)31-24(29)27-21-12-15-28(16-13-21)14-11-19-9-10-23(22(26)17-19)30-18-20-7-5-4-6-8-20/h4-10,17,21H,11-16,18H2,1-3H3,(H,27,29). The van der Waals surface area contributed by atoms with Gasteiger partial charge in [0.1, 0.15) is 18.0 Å². The van der Waals surface area contributed by atoms with Crippen LogP contribution in [0.25, 0.3) is 0 Å². The van der Waals surface area contributed by atoms with Crippen molar-refractivity contribution in [3.8, 4) is 5.75 Å². The zero-order chi connectivity index (χ0) is 22.3. The Kier molecular flexibility index (Phi) is 8.38. The Labute approximate surface area is 194 Å². The van der Waals surface area contributed by atoms with Crippen molar-refractivity contribution in [3.63, 3.8) is 0 Å². The number of carbonyl (C=O) groups excluding carboxylic acids is 1. The Balaban J connectivity index is 1.39. The molecule has 0 spiro atoms. The molecular weight excluding hydrogens is 456 g/mol. The number of nitrogens with one attached hydrogen (secondary N) is 1. The molecule has 0 bridgehead atoms. The number of nitrogens with zero attached hydrogens (tertiary/aromatic N) is 1. The van der Waals surface area contributed by atoms with E-state index in [-0.39, 0.29) is 12.1 Å². The van der Waals surface area contributed by atoms with Gasteiger partial charge in [0.2, 0.25) is 0 Å². The molecule has 1 saturated heterocycles. The maximum absolute atomic E-state index is 11.9. The lowest BCUT2D eigenvalue weighted by atomic mass is 10.0. The van der Waals surface area contributed by atoms with Crippen molar-refractivity contribution >= 4 is 22.0 Å². The zero-order valence-corrected chi connectivity index (χ0v) is 20.3. The lowest BCUT2D eigenvalue weighted by Crippen LogP contribution is -2.46. The number of ether oxygens (including phenoxy) is 2. The molecule has 1 N–H and O–H groups in total. The summed E-state index contributed by atoms with van der Waals surface area (Å²) in [5, 5.41) is 3.00. The molecule has 31 heavy (non-hydrogen) atoms. The van der Waals surface area contributed by atoms with Gasteiger partial charge in [-0.15, -0.1) is 0 Å². The summed E-state index contributed by atoms with van der Waals surface area (Å²) in [4.78, 5) is 14.4. The van der Waals surface area contributed by atoms with Crippen molar-refractivity contribution in [1.29, 1.82) is 0 Å². The van der Waals surface area contributed by atoms with Crippen LogP contribution in [0.4, 0.5) is 4.79 Å². The smallest absolute Gasteiger partial charge is 0.407 e. The average molecular weight is 489 g/mol. The second-order valence-electron chi connectivity index (χ2n) is 9.05. The number of piperidine rings is 1. The third-order valence-electron chi connectivity index (χ3n) is 5.26. The molecule has 0 atom stereocenters. The summed E-state index contributed by atoms with van der Waals surface area (Å²) in [7, 11) is 0. The Morgan fingerprint density at radius 3 is 2.45 bits per heavy atom. The summed E-state index contributed by atoms with van der Waals surface area (Å²) >= 11 is 3.65. The van der Waals surface area contributed by atoms with Crippen LogP contribution in [0.2, 0.25) is 0 Å². The number of rotatable bonds is 7. The average Bonchev–Trinajstić information content (AvgIpc) is 2.72. The van der Waals surface area contributed by atoms with E-state index in [0.29, 0.717) is 6.61 Å². The molecule has 0 radical (unpaired) electrons. The number of likely N-dealkylation sites (tertiary alicyclic amines) is 1. The molecule has 3 rings (SSSR count). The monoisotopic (exact) mass is 488 g/mol. The van der Waals surface area contributed by atoms with Crippen LogP contribution in [0.15, 0.2) is 53.0 Å². The SMILES string of the molecule is CC(C)(C)OC(=O)NC1CCN(CCc2ccc(OCc3ccccc3)c(Br)c2)CC1. The van der Waals surface area contributed by atoms with Crippen molar-refractivity contribution in [2.45, 2.75) is 58.3 Å². The summed E-state index contributed by atoms with van der Waals surface area (Å²) in [6.07, 6.45) is 2.58. The molecule has 1 amide bonds. The van der Waals surface area contributed by atoms with Crippen LogP contribution >= 0.6 is 15.9 Å². The maximum atomic E-state index is 11.9. The van der Waals surface area contributed by atoms with Crippen molar-refractivity contribution in [2.24, 2.45) is 0 Å². The van der Waals surface area contributed by atoms with E-state index in [1.165, 1.54) is 5.56 Å². The van der Waals surface area contributed by atoms with E-state index >= 15 is 0 Å². The van der Waals surface area contributed by atoms with Gasteiger partial charge in [-0.2, -0.15) is 0 Å². The number of halogens is 1. The highest BCUT2D eigenvalue weighted by Crippen LogP contribution is 2.27. The van der Waals surface area contributed by atoms with E-state index in [1.807, 2.05) is 45.0 Å². The van der Waals surface area contributed by atoms with Gasteiger partial charge in [-0.3, -0.25) is 0 Å². The van der Waals surface area contributed by atoms with E-state index in [1.54, 1.807) is 0 Å². The first-order chi connectivity index (χ1) is 14.8. The minimum atomic E-state index is -0.457. The fourth-order valence-electron chi connectivity index (χ4n) is 3.61. The van der Waals surface area contributed by atoms with E-state index in [0.717, 1.165) is 54.7 Å². The minimum absolute atomic E-state index is 0.196. The molecule has 1 fully saturated rings. The number of benzene rings is 2. The van der Waals surface area contributed by atoms with Crippen LogP contribution in [-0.2, 0) is 17.8 Å². The van der Waals surface area contributed by atoms with Crippen LogP contribution in [0.3, 0.4) is 0 Å². The second-order valence-corrected chi connectivity index (χ2v) is 9.91. The van der Waals surface area contributed by atoms with E-state index in [2.05, 4.69) is 50.4 Å². The van der Waals surface area contributed by atoms with Crippen LogP contribution in [-0.4, -0.2) is 42.3 Å². The quantitative estimate of drug-likeness (QED) is 0.554. The molecule has 0 aliphatic carbocycles. The molecule has 0 saturated carbocycles. The van der Waals surface area contributed by atoms with Gasteiger partial charge >= 0.3 is 6.09 Å². The summed E-state index contributed by atoms with van der Waals surface area (Å²) in [6.45, 7) is 9.20. The summed E-state index contributed by atoms with van der Waals surface area (Å²) in [5.41, 5.74) is 1.98. The third kappa shape index (κ3) is 8.19. The number of amides is 1. The highest BCUT2D eigenvalue weighted by atomic mass is 79.9. The molecule has 1 aliphatic heterocycles. The van der Waals surface area contributed by atoms with E-state index < -0.39 is 5.60 Å². The largest absolute Gasteiger partial charge is 0.488 e. The fraction of sp³-hybridized carbons (Fsp3) is 0.480.